The number of hydrogen-bond acceptors (Lipinski definition) is 1. The van der Waals surface area contributed by atoms with Gasteiger partial charge >= 0.3 is 0 Å². The van der Waals surface area contributed by atoms with E-state index in [1.807, 2.05) is 29.2 Å². The van der Waals surface area contributed by atoms with Crippen LogP contribution in [-0.4, -0.2) is 17.4 Å². The third kappa shape index (κ3) is 3.33. The van der Waals surface area contributed by atoms with Gasteiger partial charge in [0.25, 0.3) is 0 Å². The van der Waals surface area contributed by atoms with Crippen molar-refractivity contribution in [2.45, 2.75) is 31.7 Å². The van der Waals surface area contributed by atoms with Gasteiger partial charge in [0.1, 0.15) is 0 Å². The highest BCUT2D eigenvalue weighted by molar-refractivity contribution is 5.77. The number of rotatable bonds is 5. The van der Waals surface area contributed by atoms with Gasteiger partial charge in [-0.25, -0.2) is 0 Å². The van der Waals surface area contributed by atoms with Crippen molar-refractivity contribution >= 4 is 5.91 Å². The molecule has 1 fully saturated rings. The fraction of sp³-hybridized carbons (Fsp3) is 0.316. The molecule has 0 bridgehead atoms. The zero-order valence-electron chi connectivity index (χ0n) is 12.2. The molecule has 0 aliphatic carbocycles. The summed E-state index contributed by atoms with van der Waals surface area (Å²) in [5, 5.41) is 0. The largest absolute Gasteiger partial charge is 0.336 e. The van der Waals surface area contributed by atoms with Gasteiger partial charge in [-0.1, -0.05) is 60.7 Å². The first-order chi connectivity index (χ1) is 10.3. The van der Waals surface area contributed by atoms with Crippen LogP contribution in [0.1, 0.15) is 36.4 Å². The van der Waals surface area contributed by atoms with Crippen molar-refractivity contribution in [3.8, 4) is 0 Å². The predicted octanol–water partition coefficient (Wildman–Crippen LogP) is 3.98. The van der Waals surface area contributed by atoms with E-state index in [4.69, 9.17) is 0 Å². The number of amides is 1. The summed E-state index contributed by atoms with van der Waals surface area (Å²) in [7, 11) is 0. The Balaban J connectivity index is 1.50. The SMILES string of the molecule is O=C(CCCc1ccccc1)N1CCC1c1ccccc1. The number of aryl methyl sites for hydroxylation is 1. The summed E-state index contributed by atoms with van der Waals surface area (Å²) in [6.45, 7) is 0.906. The summed E-state index contributed by atoms with van der Waals surface area (Å²) in [5.74, 6) is 0.297. The molecule has 1 unspecified atom stereocenters. The van der Waals surface area contributed by atoms with Gasteiger partial charge in [-0.15, -0.1) is 0 Å². The predicted molar refractivity (Wildman–Crippen MR) is 84.9 cm³/mol. The van der Waals surface area contributed by atoms with Gasteiger partial charge in [-0.2, -0.15) is 0 Å². The number of benzene rings is 2. The lowest BCUT2D eigenvalue weighted by molar-refractivity contribution is -0.139. The number of hydrogen-bond donors (Lipinski definition) is 0. The molecular formula is C19H21NO. The molecule has 3 rings (SSSR count). The van der Waals surface area contributed by atoms with Gasteiger partial charge in [-0.3, -0.25) is 4.79 Å². The average molecular weight is 279 g/mol. The van der Waals surface area contributed by atoms with Crippen LogP contribution in [0.3, 0.4) is 0 Å². The second kappa shape index (κ2) is 6.57. The van der Waals surface area contributed by atoms with Crippen molar-refractivity contribution in [2.24, 2.45) is 0 Å². The van der Waals surface area contributed by atoms with E-state index in [0.29, 0.717) is 18.4 Å². The van der Waals surface area contributed by atoms with Crippen molar-refractivity contribution in [1.29, 1.82) is 0 Å². The Morgan fingerprint density at radius 1 is 1.00 bits per heavy atom. The van der Waals surface area contributed by atoms with Crippen LogP contribution in [0, 0.1) is 0 Å². The fourth-order valence-corrected chi connectivity index (χ4v) is 2.94. The van der Waals surface area contributed by atoms with E-state index in [0.717, 1.165) is 25.8 Å². The fourth-order valence-electron chi connectivity index (χ4n) is 2.94. The molecule has 1 heterocycles. The third-order valence-corrected chi connectivity index (χ3v) is 4.22. The summed E-state index contributed by atoms with van der Waals surface area (Å²) in [6.07, 6.45) is 3.66. The van der Waals surface area contributed by atoms with E-state index in [2.05, 4.69) is 36.4 Å². The van der Waals surface area contributed by atoms with Gasteiger partial charge < -0.3 is 4.90 Å². The second-order valence-corrected chi connectivity index (χ2v) is 5.64. The molecule has 1 amide bonds. The highest BCUT2D eigenvalue weighted by Gasteiger charge is 2.32. The van der Waals surface area contributed by atoms with Crippen LogP contribution in [0.25, 0.3) is 0 Å². The molecule has 0 radical (unpaired) electrons. The van der Waals surface area contributed by atoms with Crippen LogP contribution in [-0.2, 0) is 11.2 Å². The molecule has 2 nitrogen and oxygen atoms in total. The van der Waals surface area contributed by atoms with Crippen LogP contribution < -0.4 is 0 Å². The zero-order valence-corrected chi connectivity index (χ0v) is 12.2. The number of nitrogens with zero attached hydrogens (tertiary/aromatic N) is 1. The van der Waals surface area contributed by atoms with Crippen LogP contribution in [0.2, 0.25) is 0 Å². The van der Waals surface area contributed by atoms with Gasteiger partial charge in [0.2, 0.25) is 5.91 Å². The van der Waals surface area contributed by atoms with E-state index < -0.39 is 0 Å². The Labute approximate surface area is 126 Å². The van der Waals surface area contributed by atoms with Crippen LogP contribution in [0.15, 0.2) is 60.7 Å². The molecule has 2 heteroatoms. The topological polar surface area (TPSA) is 20.3 Å². The first kappa shape index (κ1) is 13.9. The van der Waals surface area contributed by atoms with Crippen molar-refractivity contribution in [2.75, 3.05) is 6.54 Å². The number of carbonyl (C=O) groups excluding carboxylic acids is 1. The molecule has 0 N–H and O–H groups in total. The van der Waals surface area contributed by atoms with Gasteiger partial charge in [0, 0.05) is 13.0 Å². The minimum Gasteiger partial charge on any atom is -0.336 e. The maximum absolute atomic E-state index is 12.3. The van der Waals surface area contributed by atoms with Crippen molar-refractivity contribution < 1.29 is 4.79 Å². The van der Waals surface area contributed by atoms with Crippen LogP contribution in [0.5, 0.6) is 0 Å². The standard InChI is InChI=1S/C19H21NO/c21-19(13-7-10-16-8-3-1-4-9-16)20-15-14-18(20)17-11-5-2-6-12-17/h1-6,8-9,11-12,18H,7,10,13-15H2. The third-order valence-electron chi connectivity index (χ3n) is 4.22. The van der Waals surface area contributed by atoms with E-state index in [9.17, 15) is 4.79 Å². The van der Waals surface area contributed by atoms with Crippen LogP contribution in [0.4, 0.5) is 0 Å². The number of carbonyl (C=O) groups is 1. The first-order valence-corrected chi connectivity index (χ1v) is 7.73. The Hall–Kier alpha value is -2.09. The monoisotopic (exact) mass is 279 g/mol. The molecule has 2 aromatic rings. The highest BCUT2D eigenvalue weighted by atomic mass is 16.2. The lowest BCUT2D eigenvalue weighted by Gasteiger charge is -2.41. The molecule has 21 heavy (non-hydrogen) atoms. The van der Waals surface area contributed by atoms with E-state index in [1.54, 1.807) is 0 Å². The normalized spacial score (nSPS) is 17.3. The zero-order chi connectivity index (χ0) is 14.5. The van der Waals surface area contributed by atoms with Gasteiger partial charge in [-0.05, 0) is 30.4 Å². The van der Waals surface area contributed by atoms with Gasteiger partial charge in [0.05, 0.1) is 6.04 Å². The average Bonchev–Trinajstić information content (AvgIpc) is 2.48. The summed E-state index contributed by atoms with van der Waals surface area (Å²) in [6, 6.07) is 21.0. The molecule has 0 saturated carbocycles. The molecule has 2 aromatic carbocycles. The van der Waals surface area contributed by atoms with Crippen LogP contribution >= 0.6 is 0 Å². The maximum Gasteiger partial charge on any atom is 0.223 e. The highest BCUT2D eigenvalue weighted by Crippen LogP contribution is 2.33. The molecular weight excluding hydrogens is 258 g/mol. The summed E-state index contributed by atoms with van der Waals surface area (Å²) < 4.78 is 0. The molecule has 108 valence electrons. The smallest absolute Gasteiger partial charge is 0.223 e. The first-order valence-electron chi connectivity index (χ1n) is 7.73. The van der Waals surface area contributed by atoms with Gasteiger partial charge in [0.15, 0.2) is 0 Å². The van der Waals surface area contributed by atoms with Crippen molar-refractivity contribution in [1.82, 2.24) is 4.90 Å². The molecule has 1 aliphatic heterocycles. The second-order valence-electron chi connectivity index (χ2n) is 5.64. The molecule has 0 aromatic heterocycles. The molecule has 1 saturated heterocycles. The Kier molecular flexibility index (Phi) is 4.34. The minimum absolute atomic E-state index is 0.297. The number of likely N-dealkylation sites (tertiary alicyclic amines) is 1. The van der Waals surface area contributed by atoms with E-state index in [1.165, 1.54) is 11.1 Å². The Bertz CT molecular complexity index is 579. The Morgan fingerprint density at radius 2 is 1.67 bits per heavy atom. The molecule has 0 spiro atoms. The van der Waals surface area contributed by atoms with E-state index >= 15 is 0 Å². The lowest BCUT2D eigenvalue weighted by Crippen LogP contribution is -2.45. The molecule has 1 atom stereocenters. The van der Waals surface area contributed by atoms with Crippen molar-refractivity contribution in [3.05, 3.63) is 71.8 Å². The minimum atomic E-state index is 0.297. The van der Waals surface area contributed by atoms with E-state index in [-0.39, 0.29) is 0 Å². The lowest BCUT2D eigenvalue weighted by atomic mass is 9.94. The maximum atomic E-state index is 12.3. The summed E-state index contributed by atoms with van der Waals surface area (Å²) >= 11 is 0. The van der Waals surface area contributed by atoms with Crippen molar-refractivity contribution in [3.63, 3.8) is 0 Å². The quantitative estimate of drug-likeness (QED) is 0.810. The summed E-state index contributed by atoms with van der Waals surface area (Å²) in [4.78, 5) is 14.4. The molecule has 1 aliphatic rings. The Morgan fingerprint density at radius 3 is 2.29 bits per heavy atom. The summed E-state index contributed by atoms with van der Waals surface area (Å²) in [5.41, 5.74) is 2.58.